The fourth-order valence-corrected chi connectivity index (χ4v) is 4.67. The highest BCUT2D eigenvalue weighted by molar-refractivity contribution is 7.93. The van der Waals surface area contributed by atoms with Crippen LogP contribution in [0.15, 0.2) is 38.6 Å². The van der Waals surface area contributed by atoms with Gasteiger partial charge in [-0.1, -0.05) is 30.7 Å². The Kier molecular flexibility index (Phi) is 5.52. The third-order valence-corrected chi connectivity index (χ3v) is 6.44. The third-order valence-electron chi connectivity index (χ3n) is 3.93. The molecular weight excluding hydrogens is 404 g/mol. The van der Waals surface area contributed by atoms with E-state index in [1.54, 1.807) is 24.3 Å². The molecule has 3 aromatic rings. The Morgan fingerprint density at radius 1 is 1.32 bits per heavy atom. The Morgan fingerprint density at radius 2 is 2.00 bits per heavy atom. The average molecular weight is 423 g/mol. The van der Waals surface area contributed by atoms with Crippen LogP contribution in [0.2, 0.25) is 5.02 Å². The van der Waals surface area contributed by atoms with Gasteiger partial charge >= 0.3 is 5.69 Å². The second-order valence-electron chi connectivity index (χ2n) is 6.19. The highest BCUT2D eigenvalue weighted by atomic mass is 35.5. The molecule has 0 aliphatic carbocycles. The number of amides is 1. The first-order chi connectivity index (χ1) is 13.2. The van der Waals surface area contributed by atoms with E-state index in [1.807, 2.05) is 6.92 Å². The molecule has 1 atom stereocenters. The van der Waals surface area contributed by atoms with Crippen LogP contribution in [0.1, 0.15) is 25.8 Å². The Hall–Kier alpha value is -2.72. The lowest BCUT2D eigenvalue weighted by Crippen LogP contribution is -2.18. The van der Waals surface area contributed by atoms with Gasteiger partial charge in [-0.25, -0.2) is 14.0 Å². The molecule has 2 aromatic heterocycles. The van der Waals surface area contributed by atoms with Gasteiger partial charge in [0.15, 0.2) is 11.5 Å². The van der Waals surface area contributed by atoms with E-state index in [0.717, 1.165) is 5.56 Å². The molecule has 0 fully saturated rings. The molecular formula is C17H19ClN6O3S. The van der Waals surface area contributed by atoms with Crippen molar-refractivity contribution in [2.75, 3.05) is 11.5 Å². The van der Waals surface area contributed by atoms with E-state index in [2.05, 4.69) is 19.3 Å². The summed E-state index contributed by atoms with van der Waals surface area (Å²) in [5.41, 5.74) is 6.79. The van der Waals surface area contributed by atoms with E-state index in [9.17, 15) is 13.8 Å². The fraction of sp³-hybridized carbons (Fsp3) is 0.294. The van der Waals surface area contributed by atoms with E-state index in [-0.39, 0.29) is 34.4 Å². The highest BCUT2D eigenvalue weighted by Crippen LogP contribution is 2.20. The number of H-pyrrole nitrogens is 1. The summed E-state index contributed by atoms with van der Waals surface area (Å²) in [4.78, 5) is 34.9. The number of fused-ring (bicyclic) bond motifs is 1. The molecule has 28 heavy (non-hydrogen) atoms. The molecule has 1 amide bonds. The molecule has 11 heteroatoms. The van der Waals surface area contributed by atoms with Crippen molar-refractivity contribution in [2.24, 2.45) is 4.36 Å². The zero-order chi connectivity index (χ0) is 20.5. The summed E-state index contributed by atoms with van der Waals surface area (Å²) >= 11 is 5.90. The third kappa shape index (κ3) is 3.92. The lowest BCUT2D eigenvalue weighted by molar-refractivity contribution is -0.115. The number of anilines is 1. The number of carbonyl (C=O) groups is 1. The summed E-state index contributed by atoms with van der Waals surface area (Å²) in [5.74, 6) is -0.522. The maximum absolute atomic E-state index is 13.2. The molecule has 0 saturated heterocycles. The first kappa shape index (κ1) is 20.0. The van der Waals surface area contributed by atoms with Crippen LogP contribution in [0.3, 0.4) is 0 Å². The Morgan fingerprint density at radius 3 is 2.61 bits per heavy atom. The topological polar surface area (TPSA) is 136 Å². The van der Waals surface area contributed by atoms with Crippen LogP contribution in [0.4, 0.5) is 5.82 Å². The van der Waals surface area contributed by atoms with E-state index in [1.165, 1.54) is 11.5 Å². The van der Waals surface area contributed by atoms with Crippen molar-refractivity contribution in [3.8, 4) is 0 Å². The number of hydrogen-bond acceptors (Lipinski definition) is 6. The maximum Gasteiger partial charge on any atom is 0.328 e. The van der Waals surface area contributed by atoms with Crippen molar-refractivity contribution in [1.29, 1.82) is 0 Å². The summed E-state index contributed by atoms with van der Waals surface area (Å²) < 4.78 is 18.3. The van der Waals surface area contributed by atoms with Crippen molar-refractivity contribution < 1.29 is 9.00 Å². The maximum atomic E-state index is 13.2. The SMILES string of the molecule is CCCS(=O)(=NC(C)=O)c1nc(N)c2[nH]c(=O)n(Cc3ccc(Cl)cc3)c2n1. The van der Waals surface area contributed by atoms with Gasteiger partial charge in [0, 0.05) is 17.7 Å². The Bertz CT molecular complexity index is 1220. The van der Waals surface area contributed by atoms with Crippen molar-refractivity contribution in [3.05, 3.63) is 45.3 Å². The van der Waals surface area contributed by atoms with Crippen LogP contribution in [0.25, 0.3) is 11.2 Å². The van der Waals surface area contributed by atoms with Crippen LogP contribution in [-0.2, 0) is 21.1 Å². The summed E-state index contributed by atoms with van der Waals surface area (Å²) in [7, 11) is -3.19. The predicted molar refractivity (Wildman–Crippen MR) is 108 cm³/mol. The summed E-state index contributed by atoms with van der Waals surface area (Å²) in [6.07, 6.45) is 0.502. The zero-order valence-corrected chi connectivity index (χ0v) is 16.9. The monoisotopic (exact) mass is 422 g/mol. The van der Waals surface area contributed by atoms with Gasteiger partial charge in [0.1, 0.15) is 15.2 Å². The molecule has 9 nitrogen and oxygen atoms in total. The van der Waals surface area contributed by atoms with E-state index >= 15 is 0 Å². The number of aromatic nitrogens is 4. The van der Waals surface area contributed by atoms with Gasteiger partial charge in [0.05, 0.1) is 6.54 Å². The van der Waals surface area contributed by atoms with E-state index in [4.69, 9.17) is 17.3 Å². The number of nitrogens with zero attached hydrogens (tertiary/aromatic N) is 4. The van der Waals surface area contributed by atoms with Gasteiger partial charge in [-0.2, -0.15) is 9.35 Å². The smallest absolute Gasteiger partial charge is 0.328 e. The van der Waals surface area contributed by atoms with Gasteiger partial charge < -0.3 is 10.7 Å². The van der Waals surface area contributed by atoms with E-state index in [0.29, 0.717) is 11.4 Å². The van der Waals surface area contributed by atoms with Gasteiger partial charge in [-0.05, 0) is 24.1 Å². The summed E-state index contributed by atoms with van der Waals surface area (Å²) in [6, 6.07) is 6.99. The van der Waals surface area contributed by atoms with E-state index < -0.39 is 21.3 Å². The van der Waals surface area contributed by atoms with Gasteiger partial charge in [-0.15, -0.1) is 0 Å². The Balaban J connectivity index is 2.21. The number of nitrogen functional groups attached to an aromatic ring is 1. The van der Waals surface area contributed by atoms with Gasteiger partial charge in [0.25, 0.3) is 5.91 Å². The second-order valence-corrected chi connectivity index (χ2v) is 8.86. The molecule has 0 aliphatic rings. The molecule has 0 bridgehead atoms. The number of aromatic amines is 1. The predicted octanol–water partition coefficient (Wildman–Crippen LogP) is 2.19. The quantitative estimate of drug-likeness (QED) is 0.604. The molecule has 0 saturated carbocycles. The molecule has 1 aromatic carbocycles. The van der Waals surface area contributed by atoms with Gasteiger partial charge in [0.2, 0.25) is 5.16 Å². The first-order valence-corrected chi connectivity index (χ1v) is 10.6. The minimum atomic E-state index is -3.19. The van der Waals surface area contributed by atoms with Crippen molar-refractivity contribution >= 4 is 44.2 Å². The number of benzene rings is 1. The number of nitrogens with one attached hydrogen (secondary N) is 1. The van der Waals surface area contributed by atoms with Crippen molar-refractivity contribution in [3.63, 3.8) is 0 Å². The first-order valence-electron chi connectivity index (χ1n) is 8.49. The van der Waals surface area contributed by atoms with Crippen LogP contribution < -0.4 is 11.4 Å². The number of rotatable bonds is 5. The molecule has 1 unspecified atom stereocenters. The van der Waals surface area contributed by atoms with Crippen LogP contribution in [0, 0.1) is 0 Å². The molecule has 2 heterocycles. The fourth-order valence-electron chi connectivity index (χ4n) is 2.75. The van der Waals surface area contributed by atoms with Crippen LogP contribution in [0.5, 0.6) is 0 Å². The van der Waals surface area contributed by atoms with Crippen molar-refractivity contribution in [2.45, 2.75) is 32.0 Å². The minimum Gasteiger partial charge on any atom is -0.382 e. The number of carbonyl (C=O) groups excluding carboxylic acids is 1. The number of imidazole rings is 1. The lowest BCUT2D eigenvalue weighted by atomic mass is 10.2. The number of hydrogen-bond donors (Lipinski definition) is 2. The minimum absolute atomic E-state index is 0.0328. The number of nitrogens with two attached hydrogens (primary N) is 1. The van der Waals surface area contributed by atoms with Crippen LogP contribution in [-0.4, -0.2) is 35.4 Å². The summed E-state index contributed by atoms with van der Waals surface area (Å²) in [5, 5.41) is 0.424. The molecule has 3 rings (SSSR count). The molecule has 0 aliphatic heterocycles. The average Bonchev–Trinajstić information content (AvgIpc) is 2.93. The molecule has 0 spiro atoms. The zero-order valence-electron chi connectivity index (χ0n) is 15.3. The molecule has 0 radical (unpaired) electrons. The second kappa shape index (κ2) is 7.72. The standard InChI is InChI=1S/C17H19ClN6O3S/c1-3-8-28(27,23-10(2)25)16-21-14(19)13-15(22-16)24(17(26)20-13)9-11-4-6-12(18)7-5-11/h4-7H,3,8-9H2,1-2H3,(H,20,26)(H2,19,21,22). The lowest BCUT2D eigenvalue weighted by Gasteiger charge is -2.09. The molecule has 148 valence electrons. The van der Waals surface area contributed by atoms with Gasteiger partial charge in [-0.3, -0.25) is 9.36 Å². The largest absolute Gasteiger partial charge is 0.382 e. The highest BCUT2D eigenvalue weighted by Gasteiger charge is 2.22. The normalized spacial score (nSPS) is 13.4. The number of halogens is 1. The summed E-state index contributed by atoms with van der Waals surface area (Å²) in [6.45, 7) is 3.22. The Labute approximate surface area is 166 Å². The van der Waals surface area contributed by atoms with Crippen molar-refractivity contribution in [1.82, 2.24) is 19.5 Å². The van der Waals surface area contributed by atoms with Crippen LogP contribution >= 0.6 is 11.6 Å². The molecule has 3 N–H and O–H groups in total.